The fourth-order valence-electron chi connectivity index (χ4n) is 1.20. The van der Waals surface area contributed by atoms with Crippen LogP contribution in [-0.2, 0) is 4.74 Å². The summed E-state index contributed by atoms with van der Waals surface area (Å²) in [4.78, 5) is 0. The van der Waals surface area contributed by atoms with Gasteiger partial charge in [0, 0.05) is 4.47 Å². The smallest absolute Gasteiger partial charge is 0.231 e. The summed E-state index contributed by atoms with van der Waals surface area (Å²) in [5, 5.41) is 0. The van der Waals surface area contributed by atoms with Gasteiger partial charge in [0.25, 0.3) is 0 Å². The average Bonchev–Trinajstić information content (AvgIpc) is 2.61. The van der Waals surface area contributed by atoms with Crippen molar-refractivity contribution >= 4 is 22.0 Å². The van der Waals surface area contributed by atoms with Crippen molar-refractivity contribution in [3.63, 3.8) is 0 Å². The summed E-state index contributed by atoms with van der Waals surface area (Å²) in [6.07, 6.45) is 3.47. The summed E-state index contributed by atoms with van der Waals surface area (Å²) < 4.78 is 16.3. The molecule has 0 aromatic heterocycles. The van der Waals surface area contributed by atoms with Crippen LogP contribution in [0.15, 0.2) is 22.9 Å². The van der Waals surface area contributed by atoms with E-state index >= 15 is 0 Å². The minimum absolute atomic E-state index is 0.291. The predicted octanol–water partition coefficient (Wildman–Crippen LogP) is 2.79. The lowest BCUT2D eigenvalue weighted by atomic mass is 10.2. The lowest BCUT2D eigenvalue weighted by Gasteiger charge is -2.01. The van der Waals surface area contributed by atoms with Gasteiger partial charge >= 0.3 is 0 Å². The number of hydrogen-bond donors (Lipinski definition) is 0. The molecule has 0 saturated carbocycles. The summed E-state index contributed by atoms with van der Waals surface area (Å²) >= 11 is 3.44. The highest BCUT2D eigenvalue weighted by molar-refractivity contribution is 9.10. The molecule has 2 rings (SSSR count). The highest BCUT2D eigenvalue weighted by Gasteiger charge is 2.14. The molecule has 0 atom stereocenters. The molecule has 0 bridgehead atoms. The maximum Gasteiger partial charge on any atom is 0.231 e. The van der Waals surface area contributed by atoms with Crippen LogP contribution in [0.1, 0.15) is 5.56 Å². The molecule has 0 N–H and O–H groups in total. The zero-order valence-electron chi connectivity index (χ0n) is 7.62. The molecule has 0 aliphatic carbocycles. The van der Waals surface area contributed by atoms with Crippen LogP contribution in [0.5, 0.6) is 11.5 Å². The first-order valence-electron chi connectivity index (χ1n) is 4.10. The second kappa shape index (κ2) is 3.92. The highest BCUT2D eigenvalue weighted by atomic mass is 79.9. The molecule has 1 aromatic carbocycles. The Bertz CT molecular complexity index is 374. The minimum atomic E-state index is 0.291. The molecule has 0 spiro atoms. The Morgan fingerprint density at radius 3 is 2.79 bits per heavy atom. The van der Waals surface area contributed by atoms with E-state index in [1.54, 1.807) is 13.4 Å². The molecule has 0 saturated heterocycles. The Morgan fingerprint density at radius 2 is 2.07 bits per heavy atom. The topological polar surface area (TPSA) is 27.7 Å². The lowest BCUT2D eigenvalue weighted by molar-refractivity contribution is 0.174. The second-order valence-electron chi connectivity index (χ2n) is 2.77. The van der Waals surface area contributed by atoms with Crippen LogP contribution in [0.2, 0.25) is 0 Å². The van der Waals surface area contributed by atoms with Gasteiger partial charge in [-0.05, 0) is 23.8 Å². The van der Waals surface area contributed by atoms with Crippen molar-refractivity contribution in [3.05, 3.63) is 28.4 Å². The van der Waals surface area contributed by atoms with E-state index in [4.69, 9.17) is 14.2 Å². The second-order valence-corrected chi connectivity index (χ2v) is 3.62. The first-order chi connectivity index (χ1) is 6.81. The number of ether oxygens (including phenoxy) is 3. The largest absolute Gasteiger partial charge is 0.504 e. The lowest BCUT2D eigenvalue weighted by Crippen LogP contribution is -1.92. The van der Waals surface area contributed by atoms with Crippen molar-refractivity contribution in [2.24, 2.45) is 0 Å². The van der Waals surface area contributed by atoms with E-state index in [0.717, 1.165) is 21.5 Å². The molecular weight excluding hydrogens is 248 g/mol. The first-order valence-corrected chi connectivity index (χ1v) is 4.89. The molecular formula is C10H9BrO3. The SMILES string of the molecule is COC=Cc1cc2c(cc1Br)OCO2. The molecule has 0 radical (unpaired) electrons. The summed E-state index contributed by atoms with van der Waals surface area (Å²) in [5.74, 6) is 1.54. The Morgan fingerprint density at radius 1 is 1.36 bits per heavy atom. The van der Waals surface area contributed by atoms with Gasteiger partial charge in [0.1, 0.15) is 0 Å². The third-order valence-electron chi connectivity index (χ3n) is 1.88. The number of halogens is 1. The van der Waals surface area contributed by atoms with Gasteiger partial charge in [-0.25, -0.2) is 0 Å². The van der Waals surface area contributed by atoms with Crippen molar-refractivity contribution in [2.75, 3.05) is 13.9 Å². The summed E-state index contributed by atoms with van der Waals surface area (Å²) in [5.41, 5.74) is 0.996. The number of rotatable bonds is 2. The number of hydrogen-bond acceptors (Lipinski definition) is 3. The van der Waals surface area contributed by atoms with Crippen LogP contribution >= 0.6 is 15.9 Å². The van der Waals surface area contributed by atoms with E-state index in [9.17, 15) is 0 Å². The van der Waals surface area contributed by atoms with Crippen molar-refractivity contribution in [1.82, 2.24) is 0 Å². The predicted molar refractivity (Wildman–Crippen MR) is 56.3 cm³/mol. The summed E-state index contributed by atoms with van der Waals surface area (Å²) in [6.45, 7) is 0.291. The Labute approximate surface area is 90.4 Å². The summed E-state index contributed by atoms with van der Waals surface area (Å²) in [6, 6.07) is 3.79. The van der Waals surface area contributed by atoms with Crippen LogP contribution in [-0.4, -0.2) is 13.9 Å². The monoisotopic (exact) mass is 256 g/mol. The normalized spacial score (nSPS) is 13.6. The molecule has 74 valence electrons. The molecule has 1 aromatic rings. The zero-order valence-corrected chi connectivity index (χ0v) is 9.21. The Hall–Kier alpha value is -1.16. The molecule has 3 nitrogen and oxygen atoms in total. The number of methoxy groups -OCH3 is 1. The molecule has 1 aliphatic heterocycles. The molecule has 0 fully saturated rings. The van der Waals surface area contributed by atoms with E-state index < -0.39 is 0 Å². The molecule has 14 heavy (non-hydrogen) atoms. The van der Waals surface area contributed by atoms with Gasteiger partial charge in [-0.1, -0.05) is 15.9 Å². The van der Waals surface area contributed by atoms with Crippen LogP contribution in [0, 0.1) is 0 Å². The van der Waals surface area contributed by atoms with Crippen LogP contribution in [0.4, 0.5) is 0 Å². The van der Waals surface area contributed by atoms with Gasteiger partial charge in [-0.15, -0.1) is 0 Å². The molecule has 1 aliphatic rings. The van der Waals surface area contributed by atoms with E-state index in [0.29, 0.717) is 6.79 Å². The van der Waals surface area contributed by atoms with E-state index in [-0.39, 0.29) is 0 Å². The first kappa shape index (κ1) is 9.40. The van der Waals surface area contributed by atoms with Gasteiger partial charge < -0.3 is 14.2 Å². The van der Waals surface area contributed by atoms with Gasteiger partial charge in [-0.2, -0.15) is 0 Å². The van der Waals surface area contributed by atoms with E-state index in [1.165, 1.54) is 0 Å². The van der Waals surface area contributed by atoms with Crippen molar-refractivity contribution in [3.8, 4) is 11.5 Å². The summed E-state index contributed by atoms with van der Waals surface area (Å²) in [7, 11) is 1.61. The molecule has 0 unspecified atom stereocenters. The fraction of sp³-hybridized carbons (Fsp3) is 0.200. The van der Waals surface area contributed by atoms with Crippen LogP contribution in [0.25, 0.3) is 6.08 Å². The maximum atomic E-state index is 5.26. The van der Waals surface area contributed by atoms with Crippen molar-refractivity contribution in [2.45, 2.75) is 0 Å². The van der Waals surface area contributed by atoms with E-state index in [1.807, 2.05) is 18.2 Å². The van der Waals surface area contributed by atoms with Gasteiger partial charge in [0.15, 0.2) is 11.5 Å². The van der Waals surface area contributed by atoms with E-state index in [2.05, 4.69) is 15.9 Å². The van der Waals surface area contributed by atoms with Crippen molar-refractivity contribution < 1.29 is 14.2 Å². The third-order valence-corrected chi connectivity index (χ3v) is 2.56. The van der Waals surface area contributed by atoms with Crippen LogP contribution < -0.4 is 9.47 Å². The van der Waals surface area contributed by atoms with Gasteiger partial charge in [-0.3, -0.25) is 0 Å². The zero-order chi connectivity index (χ0) is 9.97. The molecule has 1 heterocycles. The number of benzene rings is 1. The van der Waals surface area contributed by atoms with Gasteiger partial charge in [0.05, 0.1) is 13.4 Å². The highest BCUT2D eigenvalue weighted by Crippen LogP contribution is 2.37. The Balaban J connectivity index is 2.37. The quantitative estimate of drug-likeness (QED) is 0.762. The fourth-order valence-corrected chi connectivity index (χ4v) is 1.66. The Kier molecular flexibility index (Phi) is 2.63. The molecule has 0 amide bonds. The standard InChI is InChI=1S/C10H9BrO3/c1-12-3-2-7-4-9-10(5-8(7)11)14-6-13-9/h2-5H,6H2,1H3. The average molecular weight is 257 g/mol. The van der Waals surface area contributed by atoms with Gasteiger partial charge in [0.2, 0.25) is 6.79 Å². The van der Waals surface area contributed by atoms with Crippen LogP contribution in [0.3, 0.4) is 0 Å². The molecule has 4 heteroatoms. The van der Waals surface area contributed by atoms with Crippen molar-refractivity contribution in [1.29, 1.82) is 0 Å². The number of fused-ring (bicyclic) bond motifs is 1. The maximum absolute atomic E-state index is 5.26. The third kappa shape index (κ3) is 1.70. The minimum Gasteiger partial charge on any atom is -0.504 e.